The van der Waals surface area contributed by atoms with Gasteiger partial charge in [0.2, 0.25) is 0 Å². The van der Waals surface area contributed by atoms with E-state index in [0.717, 1.165) is 11.4 Å². The minimum atomic E-state index is -0.168. The second-order valence-electron chi connectivity index (χ2n) is 4.43. The second-order valence-corrected chi connectivity index (χ2v) is 4.43. The minimum Gasteiger partial charge on any atom is -0.241 e. The summed E-state index contributed by atoms with van der Waals surface area (Å²) in [5, 5.41) is 8.77. The molecule has 0 aromatic carbocycles. The van der Waals surface area contributed by atoms with Gasteiger partial charge in [-0.15, -0.1) is 0 Å². The molecule has 1 heterocycles. The summed E-state index contributed by atoms with van der Waals surface area (Å²) in [6, 6.07) is 4.08. The summed E-state index contributed by atoms with van der Waals surface area (Å²) in [6.45, 7) is 8.12. The first-order chi connectivity index (χ1) is 6.45. The Morgan fingerprint density at radius 3 is 2.50 bits per heavy atom. The Morgan fingerprint density at radius 1 is 1.36 bits per heavy atom. The van der Waals surface area contributed by atoms with Crippen LogP contribution in [0.2, 0.25) is 0 Å². The fraction of sp³-hybridized carbons (Fsp3) is 0.545. The van der Waals surface area contributed by atoms with Crippen molar-refractivity contribution in [3.05, 3.63) is 23.8 Å². The number of nitriles is 1. The summed E-state index contributed by atoms with van der Waals surface area (Å²) < 4.78 is 0. The monoisotopic (exact) mass is 189 g/mol. The van der Waals surface area contributed by atoms with E-state index in [1.807, 2.05) is 13.0 Å². The second kappa shape index (κ2) is 3.75. The van der Waals surface area contributed by atoms with Crippen molar-refractivity contribution < 1.29 is 0 Å². The molecule has 0 fully saturated rings. The third kappa shape index (κ3) is 2.29. The van der Waals surface area contributed by atoms with Crippen molar-refractivity contribution in [3.8, 4) is 6.07 Å². The van der Waals surface area contributed by atoms with Gasteiger partial charge in [-0.1, -0.05) is 20.8 Å². The van der Waals surface area contributed by atoms with E-state index in [1.54, 1.807) is 0 Å². The molecule has 1 rings (SSSR count). The van der Waals surface area contributed by atoms with E-state index in [4.69, 9.17) is 5.26 Å². The van der Waals surface area contributed by atoms with Crippen LogP contribution in [0.15, 0.2) is 12.4 Å². The van der Waals surface area contributed by atoms with Crippen LogP contribution in [0, 0.1) is 11.3 Å². The van der Waals surface area contributed by atoms with Gasteiger partial charge < -0.3 is 0 Å². The first-order valence-corrected chi connectivity index (χ1v) is 4.67. The Bertz CT molecular complexity index is 358. The fourth-order valence-electron chi connectivity index (χ4n) is 1.09. The molecule has 0 aliphatic heterocycles. The van der Waals surface area contributed by atoms with Gasteiger partial charge in [0.25, 0.3) is 0 Å². The molecule has 1 aromatic rings. The largest absolute Gasteiger partial charge is 0.241 e. The molecule has 3 heteroatoms. The molecule has 0 radical (unpaired) electrons. The molecule has 0 spiro atoms. The zero-order chi connectivity index (χ0) is 10.8. The number of aromatic nitrogens is 2. The van der Waals surface area contributed by atoms with Gasteiger partial charge in [-0.05, 0) is 13.0 Å². The number of hydrogen-bond acceptors (Lipinski definition) is 3. The molecule has 0 saturated carbocycles. The summed E-state index contributed by atoms with van der Waals surface area (Å²) in [7, 11) is 0. The third-order valence-corrected chi connectivity index (χ3v) is 2.09. The van der Waals surface area contributed by atoms with Gasteiger partial charge in [0.1, 0.15) is 6.33 Å². The quantitative estimate of drug-likeness (QED) is 0.681. The molecule has 14 heavy (non-hydrogen) atoms. The smallest absolute Gasteiger partial charge is 0.116 e. The van der Waals surface area contributed by atoms with E-state index in [9.17, 15) is 0 Å². The molecule has 1 atom stereocenters. The van der Waals surface area contributed by atoms with Crippen LogP contribution in [0.4, 0.5) is 0 Å². The Morgan fingerprint density at radius 2 is 2.00 bits per heavy atom. The molecule has 0 aliphatic carbocycles. The van der Waals surface area contributed by atoms with Gasteiger partial charge in [-0.25, -0.2) is 9.97 Å². The number of hydrogen-bond donors (Lipinski definition) is 0. The molecule has 0 N–H and O–H groups in total. The van der Waals surface area contributed by atoms with E-state index >= 15 is 0 Å². The summed E-state index contributed by atoms with van der Waals surface area (Å²) in [6.07, 6.45) is 1.53. The maximum atomic E-state index is 8.77. The van der Waals surface area contributed by atoms with Crippen LogP contribution in [-0.4, -0.2) is 9.97 Å². The molecule has 1 aromatic heterocycles. The van der Waals surface area contributed by atoms with Crippen molar-refractivity contribution in [2.24, 2.45) is 0 Å². The number of nitrogens with zero attached hydrogens (tertiary/aromatic N) is 3. The van der Waals surface area contributed by atoms with Crippen molar-refractivity contribution in [1.29, 1.82) is 5.26 Å². The standard InChI is InChI=1S/C11H15N3/c1-8(6-12)9-5-10(11(2,3)4)14-7-13-9/h5,7-8H,1-4H3. The van der Waals surface area contributed by atoms with Gasteiger partial charge in [0.15, 0.2) is 0 Å². The highest BCUT2D eigenvalue weighted by Gasteiger charge is 2.17. The maximum Gasteiger partial charge on any atom is 0.116 e. The van der Waals surface area contributed by atoms with Gasteiger partial charge in [-0.2, -0.15) is 5.26 Å². The van der Waals surface area contributed by atoms with Crippen molar-refractivity contribution in [2.75, 3.05) is 0 Å². The predicted octanol–water partition coefficient (Wildman–Crippen LogP) is 2.40. The van der Waals surface area contributed by atoms with E-state index in [0.29, 0.717) is 0 Å². The zero-order valence-corrected chi connectivity index (χ0v) is 9.07. The lowest BCUT2D eigenvalue weighted by atomic mass is 9.91. The lowest BCUT2D eigenvalue weighted by Gasteiger charge is -2.18. The average Bonchev–Trinajstić information content (AvgIpc) is 2.15. The lowest BCUT2D eigenvalue weighted by Crippen LogP contribution is -2.14. The molecular formula is C11H15N3. The van der Waals surface area contributed by atoms with Crippen molar-refractivity contribution in [3.63, 3.8) is 0 Å². The highest BCUT2D eigenvalue weighted by Crippen LogP contribution is 2.21. The van der Waals surface area contributed by atoms with E-state index in [1.165, 1.54) is 6.33 Å². The van der Waals surface area contributed by atoms with Crippen LogP contribution in [0.1, 0.15) is 45.0 Å². The molecule has 0 aliphatic rings. The lowest BCUT2D eigenvalue weighted by molar-refractivity contribution is 0.564. The topological polar surface area (TPSA) is 49.6 Å². The van der Waals surface area contributed by atoms with Crippen LogP contribution in [0.5, 0.6) is 0 Å². The molecule has 3 nitrogen and oxygen atoms in total. The van der Waals surface area contributed by atoms with Gasteiger partial charge >= 0.3 is 0 Å². The molecule has 0 amide bonds. The van der Waals surface area contributed by atoms with Crippen LogP contribution in [0.25, 0.3) is 0 Å². The first kappa shape index (κ1) is 10.6. The molecule has 0 saturated heterocycles. The Kier molecular flexibility index (Phi) is 2.85. The highest BCUT2D eigenvalue weighted by molar-refractivity contribution is 5.21. The normalized spacial score (nSPS) is 13.4. The SMILES string of the molecule is CC(C#N)c1cc(C(C)(C)C)ncn1. The number of rotatable bonds is 1. The Balaban J connectivity index is 3.09. The van der Waals surface area contributed by atoms with Crippen molar-refractivity contribution >= 4 is 0 Å². The van der Waals surface area contributed by atoms with Crippen molar-refractivity contribution in [2.45, 2.75) is 39.0 Å². The first-order valence-electron chi connectivity index (χ1n) is 4.67. The zero-order valence-electron chi connectivity index (χ0n) is 9.07. The van der Waals surface area contributed by atoms with Gasteiger partial charge in [0, 0.05) is 11.1 Å². The summed E-state index contributed by atoms with van der Waals surface area (Å²) in [4.78, 5) is 8.30. The summed E-state index contributed by atoms with van der Waals surface area (Å²) in [5.41, 5.74) is 1.78. The molecule has 1 unspecified atom stereocenters. The van der Waals surface area contributed by atoms with Crippen LogP contribution in [-0.2, 0) is 5.41 Å². The van der Waals surface area contributed by atoms with E-state index in [-0.39, 0.29) is 11.3 Å². The van der Waals surface area contributed by atoms with Crippen LogP contribution < -0.4 is 0 Å². The predicted molar refractivity (Wildman–Crippen MR) is 54.8 cm³/mol. The Hall–Kier alpha value is -1.43. The third-order valence-electron chi connectivity index (χ3n) is 2.09. The van der Waals surface area contributed by atoms with Crippen molar-refractivity contribution in [1.82, 2.24) is 9.97 Å². The molecule has 74 valence electrons. The van der Waals surface area contributed by atoms with E-state index in [2.05, 4.69) is 36.8 Å². The van der Waals surface area contributed by atoms with Gasteiger partial charge in [-0.3, -0.25) is 0 Å². The molecular weight excluding hydrogens is 174 g/mol. The van der Waals surface area contributed by atoms with Gasteiger partial charge in [0.05, 0.1) is 17.7 Å². The van der Waals surface area contributed by atoms with Crippen LogP contribution >= 0.6 is 0 Å². The highest BCUT2D eigenvalue weighted by atomic mass is 14.8. The fourth-order valence-corrected chi connectivity index (χ4v) is 1.09. The van der Waals surface area contributed by atoms with Crippen LogP contribution in [0.3, 0.4) is 0 Å². The summed E-state index contributed by atoms with van der Waals surface area (Å²) >= 11 is 0. The summed E-state index contributed by atoms with van der Waals surface area (Å²) in [5.74, 6) is -0.168. The average molecular weight is 189 g/mol. The molecule has 0 bridgehead atoms. The minimum absolute atomic E-state index is 0.00681. The Labute approximate surface area is 84.8 Å². The van der Waals surface area contributed by atoms with E-state index < -0.39 is 0 Å². The maximum absolute atomic E-state index is 8.77.